The van der Waals surface area contributed by atoms with Gasteiger partial charge in [-0.25, -0.2) is 9.48 Å². The van der Waals surface area contributed by atoms with E-state index in [1.165, 1.54) is 0 Å². The third-order valence-electron chi connectivity index (χ3n) is 3.55. The summed E-state index contributed by atoms with van der Waals surface area (Å²) in [7, 11) is 3.95. The van der Waals surface area contributed by atoms with Crippen LogP contribution in [0.1, 0.15) is 17.4 Å². The molecule has 7 heteroatoms. The van der Waals surface area contributed by atoms with Crippen LogP contribution >= 0.6 is 0 Å². The maximum absolute atomic E-state index is 11.3. The molecule has 3 rings (SSSR count). The predicted octanol–water partition coefficient (Wildman–Crippen LogP) is 1.64. The average Bonchev–Trinajstić information content (AvgIpc) is 2.86. The van der Waals surface area contributed by atoms with Crippen LogP contribution in [-0.2, 0) is 4.79 Å². The van der Waals surface area contributed by atoms with Crippen LogP contribution < -0.4 is 10.2 Å². The molecule has 0 saturated carbocycles. The number of aromatic nitrogens is 3. The molecule has 114 valence electrons. The summed E-state index contributed by atoms with van der Waals surface area (Å²) < 4.78 is 1.70. The predicted molar refractivity (Wildman–Crippen MR) is 83.0 cm³/mol. The van der Waals surface area contributed by atoms with Gasteiger partial charge in [0.15, 0.2) is 0 Å². The molecule has 7 nitrogen and oxygen atoms in total. The lowest BCUT2D eigenvalue weighted by Gasteiger charge is -2.23. The average molecular weight is 299 g/mol. The largest absolute Gasteiger partial charge is 0.477 e. The molecule has 2 aromatic rings. The molecule has 1 aliphatic heterocycles. The van der Waals surface area contributed by atoms with Gasteiger partial charge in [-0.15, -0.1) is 0 Å². The number of aliphatic carboxylic acids is 1. The van der Waals surface area contributed by atoms with Gasteiger partial charge >= 0.3 is 5.97 Å². The zero-order chi connectivity index (χ0) is 15.9. The maximum atomic E-state index is 11.3. The number of hydrogen-bond donors (Lipinski definition) is 2. The summed E-state index contributed by atoms with van der Waals surface area (Å²) in [6, 6.07) is 7.65. The van der Waals surface area contributed by atoms with Crippen molar-refractivity contribution in [1.82, 2.24) is 14.8 Å². The Morgan fingerprint density at radius 3 is 2.59 bits per heavy atom. The first-order chi connectivity index (χ1) is 10.5. The van der Waals surface area contributed by atoms with E-state index >= 15 is 0 Å². The van der Waals surface area contributed by atoms with Crippen LogP contribution in [0.15, 0.2) is 36.0 Å². The van der Waals surface area contributed by atoms with E-state index in [9.17, 15) is 9.90 Å². The van der Waals surface area contributed by atoms with Crippen LogP contribution in [-0.4, -0.2) is 39.9 Å². The molecule has 1 aromatic carbocycles. The summed E-state index contributed by atoms with van der Waals surface area (Å²) in [5, 5.41) is 16.4. The minimum Gasteiger partial charge on any atom is -0.477 e. The number of hydrogen-bond acceptors (Lipinski definition) is 5. The smallest absolute Gasteiger partial charge is 0.352 e. The van der Waals surface area contributed by atoms with Crippen molar-refractivity contribution in [3.63, 3.8) is 0 Å². The first-order valence-electron chi connectivity index (χ1n) is 6.88. The monoisotopic (exact) mass is 299 g/mol. The van der Waals surface area contributed by atoms with Crippen molar-refractivity contribution in [1.29, 1.82) is 0 Å². The molecule has 0 aliphatic carbocycles. The van der Waals surface area contributed by atoms with Gasteiger partial charge in [0, 0.05) is 19.8 Å². The van der Waals surface area contributed by atoms with Gasteiger partial charge in [0.1, 0.15) is 17.6 Å². The Hall–Kier alpha value is -2.83. The second-order valence-corrected chi connectivity index (χ2v) is 5.37. The molecule has 0 spiro atoms. The number of anilines is 2. The number of allylic oxidation sites excluding steroid dienone is 1. The molecule has 0 saturated heterocycles. The zero-order valence-electron chi connectivity index (χ0n) is 12.6. The molecule has 1 unspecified atom stereocenters. The zero-order valence-corrected chi connectivity index (χ0v) is 12.6. The molecule has 1 aliphatic rings. The highest BCUT2D eigenvalue weighted by molar-refractivity contribution is 5.90. The summed E-state index contributed by atoms with van der Waals surface area (Å²) in [4.78, 5) is 17.5. The third kappa shape index (κ3) is 2.41. The lowest BCUT2D eigenvalue weighted by Crippen LogP contribution is -2.24. The van der Waals surface area contributed by atoms with Gasteiger partial charge in [-0.3, -0.25) is 0 Å². The lowest BCUT2D eigenvalue weighted by atomic mass is 10.0. The Kier molecular flexibility index (Phi) is 3.32. The van der Waals surface area contributed by atoms with Crippen LogP contribution in [0.5, 0.6) is 0 Å². The van der Waals surface area contributed by atoms with Gasteiger partial charge in [-0.05, 0) is 30.7 Å². The Balaban J connectivity index is 2.05. The fraction of sp³-hybridized carbons (Fsp3) is 0.267. The quantitative estimate of drug-likeness (QED) is 0.896. The third-order valence-corrected chi connectivity index (χ3v) is 3.55. The molecule has 0 radical (unpaired) electrons. The number of fused-ring (bicyclic) bond motifs is 1. The molecule has 0 amide bonds. The highest BCUT2D eigenvalue weighted by atomic mass is 16.4. The van der Waals surface area contributed by atoms with Crippen LogP contribution in [0.3, 0.4) is 0 Å². The molecule has 2 N–H and O–H groups in total. The van der Waals surface area contributed by atoms with Gasteiger partial charge in [0.05, 0.1) is 0 Å². The van der Waals surface area contributed by atoms with Crippen LogP contribution in [0.2, 0.25) is 0 Å². The van der Waals surface area contributed by atoms with Crippen LogP contribution in [0, 0.1) is 6.92 Å². The highest BCUT2D eigenvalue weighted by Gasteiger charge is 2.26. The molecular weight excluding hydrogens is 282 g/mol. The number of carbonyl (C=O) groups is 1. The Morgan fingerprint density at radius 1 is 1.32 bits per heavy atom. The Labute approximate surface area is 127 Å². The highest BCUT2D eigenvalue weighted by Crippen LogP contribution is 2.29. The van der Waals surface area contributed by atoms with Gasteiger partial charge in [-0.1, -0.05) is 12.1 Å². The number of aryl methyl sites for hydroxylation is 1. The fourth-order valence-electron chi connectivity index (χ4n) is 2.43. The fourth-order valence-corrected chi connectivity index (χ4v) is 2.43. The number of benzene rings is 1. The molecule has 1 atom stereocenters. The van der Waals surface area contributed by atoms with E-state index in [1.54, 1.807) is 17.7 Å². The molecule has 0 bridgehead atoms. The van der Waals surface area contributed by atoms with E-state index in [2.05, 4.69) is 15.4 Å². The van der Waals surface area contributed by atoms with Gasteiger partial charge < -0.3 is 15.3 Å². The van der Waals surface area contributed by atoms with Crippen molar-refractivity contribution in [2.24, 2.45) is 0 Å². The van der Waals surface area contributed by atoms with Crippen molar-refractivity contribution in [3.8, 4) is 0 Å². The number of rotatable bonds is 3. The van der Waals surface area contributed by atoms with Gasteiger partial charge in [-0.2, -0.15) is 10.1 Å². The van der Waals surface area contributed by atoms with E-state index in [1.807, 2.05) is 43.3 Å². The molecular formula is C15H17N5O2. The number of nitrogens with one attached hydrogen (secondary N) is 1. The van der Waals surface area contributed by atoms with Crippen molar-refractivity contribution >= 4 is 17.6 Å². The topological polar surface area (TPSA) is 83.3 Å². The SMILES string of the molecule is Cc1nc2n(n1)C(c1ccc(N(C)C)cc1)C=C(C(=O)O)N2. The van der Waals surface area contributed by atoms with Gasteiger partial charge in [0.2, 0.25) is 5.95 Å². The van der Waals surface area contributed by atoms with Crippen molar-refractivity contribution < 1.29 is 9.90 Å². The summed E-state index contributed by atoms with van der Waals surface area (Å²) >= 11 is 0. The van der Waals surface area contributed by atoms with Crippen molar-refractivity contribution in [2.45, 2.75) is 13.0 Å². The first kappa shape index (κ1) is 14.1. The second kappa shape index (κ2) is 5.18. The van der Waals surface area contributed by atoms with E-state index in [4.69, 9.17) is 0 Å². The normalized spacial score (nSPS) is 16.5. The molecule has 0 fully saturated rings. The lowest BCUT2D eigenvalue weighted by molar-refractivity contribution is -0.132. The summed E-state index contributed by atoms with van der Waals surface area (Å²) in [5.74, 6) is 0.0263. The first-order valence-corrected chi connectivity index (χ1v) is 6.88. The number of carboxylic acids is 1. The maximum Gasteiger partial charge on any atom is 0.352 e. The van der Waals surface area contributed by atoms with E-state index in [0.29, 0.717) is 11.8 Å². The molecule has 22 heavy (non-hydrogen) atoms. The second-order valence-electron chi connectivity index (χ2n) is 5.37. The Morgan fingerprint density at radius 2 is 2.00 bits per heavy atom. The minimum absolute atomic E-state index is 0.113. The summed E-state index contributed by atoms with van der Waals surface area (Å²) in [6.45, 7) is 1.78. The van der Waals surface area contributed by atoms with Crippen molar-refractivity contribution in [2.75, 3.05) is 24.3 Å². The van der Waals surface area contributed by atoms with Crippen LogP contribution in [0.4, 0.5) is 11.6 Å². The standard InChI is InChI=1S/C15H17N5O2/c1-9-16-15-17-12(14(21)22)8-13(20(15)18-9)10-4-6-11(7-5-10)19(2)3/h4-8,13H,1-3H3,(H,21,22)(H,16,17,18). The summed E-state index contributed by atoms with van der Waals surface area (Å²) in [6.07, 6.45) is 1.65. The molecule has 2 heterocycles. The van der Waals surface area contributed by atoms with Crippen LogP contribution in [0.25, 0.3) is 0 Å². The molecule has 1 aromatic heterocycles. The number of carboxylic acid groups (broad SMARTS) is 1. The Bertz CT molecular complexity index is 746. The van der Waals surface area contributed by atoms with E-state index in [-0.39, 0.29) is 11.7 Å². The van der Waals surface area contributed by atoms with E-state index < -0.39 is 5.97 Å². The summed E-state index contributed by atoms with van der Waals surface area (Å²) in [5.41, 5.74) is 2.15. The van der Waals surface area contributed by atoms with Gasteiger partial charge in [0.25, 0.3) is 0 Å². The minimum atomic E-state index is -1.01. The van der Waals surface area contributed by atoms with E-state index in [0.717, 1.165) is 11.3 Å². The van der Waals surface area contributed by atoms with Crippen molar-refractivity contribution in [3.05, 3.63) is 47.4 Å². The number of nitrogens with zero attached hydrogens (tertiary/aromatic N) is 4.